The Hall–Kier alpha value is -1.97. The van der Waals surface area contributed by atoms with Crippen molar-refractivity contribution in [2.24, 2.45) is 11.8 Å². The van der Waals surface area contributed by atoms with Crippen molar-refractivity contribution in [3.05, 3.63) is 41.7 Å². The van der Waals surface area contributed by atoms with Gasteiger partial charge in [-0.3, -0.25) is 0 Å². The van der Waals surface area contributed by atoms with Crippen LogP contribution in [0.5, 0.6) is 5.88 Å². The Morgan fingerprint density at radius 1 is 1.00 bits per heavy atom. The molecule has 1 heterocycles. The summed E-state index contributed by atoms with van der Waals surface area (Å²) in [5.74, 6) is 2.05. The first-order valence-electron chi connectivity index (χ1n) is 10.4. The topological polar surface area (TPSA) is 35.0 Å². The van der Waals surface area contributed by atoms with Gasteiger partial charge in [0.1, 0.15) is 5.82 Å². The van der Waals surface area contributed by atoms with Gasteiger partial charge in [0, 0.05) is 11.6 Å². The van der Waals surface area contributed by atoms with E-state index in [9.17, 15) is 4.39 Å². The van der Waals surface area contributed by atoms with Crippen molar-refractivity contribution in [2.75, 3.05) is 6.61 Å². The second kappa shape index (κ2) is 9.82. The average Bonchev–Trinajstić information content (AvgIpc) is 2.72. The molecule has 0 atom stereocenters. The van der Waals surface area contributed by atoms with Crippen LogP contribution < -0.4 is 4.74 Å². The van der Waals surface area contributed by atoms with Gasteiger partial charge in [-0.15, -0.1) is 10.2 Å². The fourth-order valence-electron chi connectivity index (χ4n) is 3.96. The van der Waals surface area contributed by atoms with Crippen LogP contribution in [0.2, 0.25) is 0 Å². The first-order valence-corrected chi connectivity index (χ1v) is 10.4. The molecule has 1 aliphatic rings. The lowest BCUT2D eigenvalue weighted by Crippen LogP contribution is -2.14. The van der Waals surface area contributed by atoms with E-state index in [-0.39, 0.29) is 5.82 Å². The zero-order valence-electron chi connectivity index (χ0n) is 16.6. The number of hydrogen-bond donors (Lipinski definition) is 0. The molecule has 1 fully saturated rings. The molecule has 1 aromatic heterocycles. The standard InChI is InChI=1S/C23H31FN2O/c1-3-15-27-23-14-13-22(25-26-23)20-12-11-19(21(24)16-20)10-9-18-7-5-17(4-2)6-8-18/h11-14,16-18H,3-10,15H2,1-2H3. The summed E-state index contributed by atoms with van der Waals surface area (Å²) in [6, 6.07) is 9.06. The molecule has 3 nitrogen and oxygen atoms in total. The number of hydrogen-bond acceptors (Lipinski definition) is 3. The third-order valence-electron chi connectivity index (χ3n) is 5.81. The van der Waals surface area contributed by atoms with Crippen LogP contribution >= 0.6 is 0 Å². The van der Waals surface area contributed by atoms with Crippen LogP contribution in [0.1, 0.15) is 64.4 Å². The fraction of sp³-hybridized carbons (Fsp3) is 0.565. The molecule has 4 heteroatoms. The summed E-state index contributed by atoms with van der Waals surface area (Å²) in [6.07, 6.45) is 9.45. The van der Waals surface area contributed by atoms with Gasteiger partial charge in [-0.25, -0.2) is 4.39 Å². The minimum Gasteiger partial charge on any atom is -0.477 e. The van der Waals surface area contributed by atoms with E-state index in [1.54, 1.807) is 12.1 Å². The first-order chi connectivity index (χ1) is 13.2. The minimum absolute atomic E-state index is 0.136. The molecule has 1 aliphatic carbocycles. The molecule has 0 unspecified atom stereocenters. The second-order valence-corrected chi connectivity index (χ2v) is 7.75. The molecule has 1 saturated carbocycles. The fourth-order valence-corrected chi connectivity index (χ4v) is 3.96. The predicted molar refractivity (Wildman–Crippen MR) is 107 cm³/mol. The van der Waals surface area contributed by atoms with Crippen LogP contribution in [0.25, 0.3) is 11.3 Å². The minimum atomic E-state index is -0.136. The molecule has 0 bridgehead atoms. The number of rotatable bonds is 8. The SMILES string of the molecule is CCCOc1ccc(-c2ccc(CCC3CCC(CC)CC3)c(F)c2)nn1. The van der Waals surface area contributed by atoms with Crippen molar-refractivity contribution in [1.29, 1.82) is 0 Å². The Labute approximate surface area is 162 Å². The number of aryl methyl sites for hydroxylation is 1. The maximum Gasteiger partial charge on any atom is 0.233 e. The van der Waals surface area contributed by atoms with E-state index >= 15 is 0 Å². The molecule has 1 aromatic carbocycles. The van der Waals surface area contributed by atoms with Gasteiger partial charge in [-0.1, -0.05) is 58.1 Å². The summed E-state index contributed by atoms with van der Waals surface area (Å²) in [4.78, 5) is 0. The lowest BCUT2D eigenvalue weighted by atomic mass is 9.78. The van der Waals surface area contributed by atoms with Crippen molar-refractivity contribution in [2.45, 2.75) is 65.2 Å². The zero-order chi connectivity index (χ0) is 19.1. The number of benzene rings is 1. The summed E-state index contributed by atoms with van der Waals surface area (Å²) in [6.45, 7) is 4.96. The normalized spacial score (nSPS) is 19.8. The van der Waals surface area contributed by atoms with Crippen LogP contribution in [0.15, 0.2) is 30.3 Å². The van der Waals surface area contributed by atoms with Gasteiger partial charge in [-0.2, -0.15) is 0 Å². The molecule has 0 amide bonds. The summed E-state index contributed by atoms with van der Waals surface area (Å²) < 4.78 is 20.0. The van der Waals surface area contributed by atoms with Gasteiger partial charge < -0.3 is 4.74 Å². The lowest BCUT2D eigenvalue weighted by molar-refractivity contribution is 0.258. The van der Waals surface area contributed by atoms with E-state index in [0.29, 0.717) is 18.2 Å². The van der Waals surface area contributed by atoms with Crippen molar-refractivity contribution in [1.82, 2.24) is 10.2 Å². The highest BCUT2D eigenvalue weighted by molar-refractivity contribution is 5.59. The zero-order valence-corrected chi connectivity index (χ0v) is 16.6. The van der Waals surface area contributed by atoms with E-state index < -0.39 is 0 Å². The Morgan fingerprint density at radius 2 is 1.78 bits per heavy atom. The third kappa shape index (κ3) is 5.50. The summed E-state index contributed by atoms with van der Waals surface area (Å²) >= 11 is 0. The smallest absolute Gasteiger partial charge is 0.233 e. The molecule has 27 heavy (non-hydrogen) atoms. The van der Waals surface area contributed by atoms with Crippen LogP contribution in [0.3, 0.4) is 0 Å². The highest BCUT2D eigenvalue weighted by atomic mass is 19.1. The largest absolute Gasteiger partial charge is 0.477 e. The van der Waals surface area contributed by atoms with E-state index in [1.807, 2.05) is 25.1 Å². The molecule has 0 saturated heterocycles. The maximum absolute atomic E-state index is 14.6. The Morgan fingerprint density at radius 3 is 2.41 bits per heavy atom. The van der Waals surface area contributed by atoms with E-state index in [2.05, 4.69) is 17.1 Å². The molecular weight excluding hydrogens is 339 g/mol. The first kappa shape index (κ1) is 19.8. The highest BCUT2D eigenvalue weighted by Crippen LogP contribution is 2.33. The molecule has 0 aliphatic heterocycles. The monoisotopic (exact) mass is 370 g/mol. The number of nitrogens with zero attached hydrogens (tertiary/aromatic N) is 2. The van der Waals surface area contributed by atoms with Crippen LogP contribution in [0, 0.1) is 17.7 Å². The Bertz CT molecular complexity index is 709. The molecule has 0 spiro atoms. The van der Waals surface area contributed by atoms with Gasteiger partial charge in [0.15, 0.2) is 0 Å². The second-order valence-electron chi connectivity index (χ2n) is 7.75. The number of aromatic nitrogens is 2. The molecule has 0 N–H and O–H groups in total. The van der Waals surface area contributed by atoms with Crippen molar-refractivity contribution < 1.29 is 9.13 Å². The van der Waals surface area contributed by atoms with E-state index in [0.717, 1.165) is 42.2 Å². The quantitative estimate of drug-likeness (QED) is 0.553. The predicted octanol–water partition coefficient (Wildman–Crippen LogP) is 6.22. The summed E-state index contributed by atoms with van der Waals surface area (Å²) in [5.41, 5.74) is 2.24. The van der Waals surface area contributed by atoms with Crippen molar-refractivity contribution in [3.8, 4) is 17.1 Å². The van der Waals surface area contributed by atoms with E-state index in [4.69, 9.17) is 4.74 Å². The number of ether oxygens (including phenoxy) is 1. The summed E-state index contributed by atoms with van der Waals surface area (Å²) in [5, 5.41) is 8.23. The molecule has 2 aromatic rings. The van der Waals surface area contributed by atoms with E-state index in [1.165, 1.54) is 32.1 Å². The Kier molecular flexibility index (Phi) is 7.19. The van der Waals surface area contributed by atoms with Gasteiger partial charge >= 0.3 is 0 Å². The van der Waals surface area contributed by atoms with Crippen molar-refractivity contribution in [3.63, 3.8) is 0 Å². The van der Waals surface area contributed by atoms with Gasteiger partial charge in [0.2, 0.25) is 5.88 Å². The summed E-state index contributed by atoms with van der Waals surface area (Å²) in [7, 11) is 0. The third-order valence-corrected chi connectivity index (χ3v) is 5.81. The van der Waals surface area contributed by atoms with Gasteiger partial charge in [0.05, 0.1) is 12.3 Å². The molecule has 146 valence electrons. The molecule has 0 radical (unpaired) electrons. The molecule has 3 rings (SSSR count). The number of halogens is 1. The highest BCUT2D eigenvalue weighted by Gasteiger charge is 2.20. The maximum atomic E-state index is 14.6. The van der Waals surface area contributed by atoms with Crippen LogP contribution in [-0.4, -0.2) is 16.8 Å². The molecular formula is C23H31FN2O. The lowest BCUT2D eigenvalue weighted by Gasteiger charge is -2.27. The van der Waals surface area contributed by atoms with Crippen LogP contribution in [0.4, 0.5) is 4.39 Å². The van der Waals surface area contributed by atoms with Crippen molar-refractivity contribution >= 4 is 0 Å². The Balaban J connectivity index is 1.57. The van der Waals surface area contributed by atoms with Gasteiger partial charge in [-0.05, 0) is 48.8 Å². The average molecular weight is 371 g/mol. The van der Waals surface area contributed by atoms with Crippen LogP contribution in [-0.2, 0) is 6.42 Å². The van der Waals surface area contributed by atoms with Gasteiger partial charge in [0.25, 0.3) is 0 Å².